The molecule has 3 aromatic rings. The number of aromatic amines is 1. The van der Waals surface area contributed by atoms with Crippen LogP contribution >= 0.6 is 23.2 Å². The van der Waals surface area contributed by atoms with E-state index in [2.05, 4.69) is 25.7 Å². The molecular formula is C19H22Cl2N7O2+. The highest BCUT2D eigenvalue weighted by Crippen LogP contribution is 2.25. The van der Waals surface area contributed by atoms with Crippen LogP contribution in [0.4, 0.5) is 23.1 Å². The number of aryl methyl sites for hydroxylation is 1. The number of hydrogen-bond donors (Lipinski definition) is 5. The van der Waals surface area contributed by atoms with E-state index in [4.69, 9.17) is 28.4 Å². The van der Waals surface area contributed by atoms with Crippen molar-refractivity contribution in [3.05, 3.63) is 52.9 Å². The van der Waals surface area contributed by atoms with Crippen molar-refractivity contribution in [3.8, 4) is 0 Å². The number of anilines is 4. The third-order valence-electron chi connectivity index (χ3n) is 4.22. The van der Waals surface area contributed by atoms with E-state index in [1.807, 2.05) is 29.2 Å². The maximum Gasteiger partial charge on any atom is 0.243 e. The molecule has 158 valence electrons. The Bertz CT molecular complexity index is 979. The molecule has 2 aromatic heterocycles. The van der Waals surface area contributed by atoms with Crippen LogP contribution in [0.5, 0.6) is 0 Å². The minimum Gasteiger partial charge on any atom is -0.339 e. The number of nitrogens with zero attached hydrogens (tertiary/aromatic N) is 3. The van der Waals surface area contributed by atoms with Crippen molar-refractivity contribution in [2.24, 2.45) is 0 Å². The first kappa shape index (κ1) is 21.8. The van der Waals surface area contributed by atoms with Crippen LogP contribution in [0.3, 0.4) is 0 Å². The summed E-state index contributed by atoms with van der Waals surface area (Å²) in [5.74, 6) is 0.519. The average molecular weight is 451 g/mol. The Morgan fingerprint density at radius 1 is 1.10 bits per heavy atom. The number of halogens is 2. The van der Waals surface area contributed by atoms with E-state index in [-0.39, 0.29) is 5.91 Å². The number of unbranched alkanes of at least 4 members (excludes halogenated alkanes) is 2. The summed E-state index contributed by atoms with van der Waals surface area (Å²) >= 11 is 12.1. The van der Waals surface area contributed by atoms with Gasteiger partial charge in [-0.3, -0.25) is 10.0 Å². The lowest BCUT2D eigenvalue weighted by Gasteiger charge is -2.09. The third-order valence-corrected chi connectivity index (χ3v) is 4.74. The molecule has 0 saturated heterocycles. The van der Waals surface area contributed by atoms with Gasteiger partial charge in [0.05, 0.1) is 12.4 Å². The van der Waals surface area contributed by atoms with Crippen LogP contribution in [0, 0.1) is 0 Å². The van der Waals surface area contributed by atoms with Gasteiger partial charge in [-0.1, -0.05) is 23.2 Å². The van der Waals surface area contributed by atoms with Gasteiger partial charge in [-0.05, 0) is 37.1 Å². The van der Waals surface area contributed by atoms with E-state index >= 15 is 0 Å². The molecule has 0 bridgehead atoms. The normalized spacial score (nSPS) is 10.6. The lowest BCUT2D eigenvalue weighted by Crippen LogP contribution is -2.34. The third kappa shape index (κ3) is 6.58. The van der Waals surface area contributed by atoms with Gasteiger partial charge in [0.1, 0.15) is 10.7 Å². The van der Waals surface area contributed by atoms with Gasteiger partial charge in [-0.25, -0.2) is 10.5 Å². The summed E-state index contributed by atoms with van der Waals surface area (Å²) in [6.45, 7) is 0.771. The Hall–Kier alpha value is -2.88. The second-order valence-electron chi connectivity index (χ2n) is 6.54. The highest BCUT2D eigenvalue weighted by atomic mass is 35.5. The summed E-state index contributed by atoms with van der Waals surface area (Å²) in [5.41, 5.74) is 3.24. The lowest BCUT2D eigenvalue weighted by atomic mass is 10.2. The Balaban J connectivity index is 1.54. The van der Waals surface area contributed by atoms with Crippen molar-refractivity contribution in [1.29, 1.82) is 0 Å². The van der Waals surface area contributed by atoms with Gasteiger partial charge >= 0.3 is 0 Å². The van der Waals surface area contributed by atoms with E-state index in [1.165, 1.54) is 6.20 Å². The molecule has 30 heavy (non-hydrogen) atoms. The first-order chi connectivity index (χ1) is 14.5. The molecule has 9 nitrogen and oxygen atoms in total. The number of hydroxylamine groups is 1. The molecule has 5 N–H and O–H groups in total. The summed E-state index contributed by atoms with van der Waals surface area (Å²) in [6, 6.07) is 7.22. The molecule has 0 aliphatic heterocycles. The number of H-pyrrole nitrogens is 1. The number of hydrogen-bond acceptors (Lipinski definition) is 6. The van der Waals surface area contributed by atoms with Crippen LogP contribution in [-0.4, -0.2) is 26.2 Å². The molecule has 0 aliphatic carbocycles. The van der Waals surface area contributed by atoms with Crippen LogP contribution in [-0.2, 0) is 11.3 Å². The summed E-state index contributed by atoms with van der Waals surface area (Å²) in [7, 11) is 0. The molecule has 1 amide bonds. The van der Waals surface area contributed by atoms with Crippen molar-refractivity contribution in [2.45, 2.75) is 32.2 Å². The fourth-order valence-corrected chi connectivity index (χ4v) is 2.97. The predicted molar refractivity (Wildman–Crippen MR) is 114 cm³/mol. The molecule has 2 heterocycles. The molecule has 0 radical (unpaired) electrons. The number of aromatic nitrogens is 4. The highest BCUT2D eigenvalue weighted by molar-refractivity contribution is 6.33. The quantitative estimate of drug-likeness (QED) is 0.138. The summed E-state index contributed by atoms with van der Waals surface area (Å²) < 4.78 is 1.93. The van der Waals surface area contributed by atoms with E-state index < -0.39 is 0 Å². The van der Waals surface area contributed by atoms with Crippen molar-refractivity contribution in [2.75, 3.05) is 10.6 Å². The number of benzene rings is 1. The fourth-order valence-electron chi connectivity index (χ4n) is 2.71. The van der Waals surface area contributed by atoms with Crippen LogP contribution in [0.2, 0.25) is 10.0 Å². The molecule has 3 rings (SSSR count). The first-order valence-electron chi connectivity index (χ1n) is 9.36. The van der Waals surface area contributed by atoms with Crippen LogP contribution in [0.15, 0.2) is 42.9 Å². The van der Waals surface area contributed by atoms with E-state index in [9.17, 15) is 4.79 Å². The summed E-state index contributed by atoms with van der Waals surface area (Å²) in [5, 5.41) is 18.9. The summed E-state index contributed by atoms with van der Waals surface area (Å²) in [6.07, 6.45) is 8.06. The number of carbonyl (C=O) groups is 1. The van der Waals surface area contributed by atoms with Gasteiger partial charge < -0.3 is 10.6 Å². The lowest BCUT2D eigenvalue weighted by molar-refractivity contribution is -0.750. The number of carbonyl (C=O) groups excluding carboxylic acids is 1. The van der Waals surface area contributed by atoms with Gasteiger partial charge in [0, 0.05) is 23.6 Å². The molecule has 0 spiro atoms. The minimum absolute atomic E-state index is 0.318. The molecule has 0 unspecified atom stereocenters. The van der Waals surface area contributed by atoms with E-state index in [0.29, 0.717) is 28.2 Å². The largest absolute Gasteiger partial charge is 0.339 e. The van der Waals surface area contributed by atoms with Crippen molar-refractivity contribution >= 4 is 52.3 Å². The maximum atomic E-state index is 11.0. The van der Waals surface area contributed by atoms with Crippen molar-refractivity contribution in [1.82, 2.24) is 20.5 Å². The molecule has 0 fully saturated rings. The first-order valence-corrected chi connectivity index (χ1v) is 10.1. The van der Waals surface area contributed by atoms with Crippen LogP contribution in [0.1, 0.15) is 25.7 Å². The van der Waals surface area contributed by atoms with Gasteiger partial charge in [0.15, 0.2) is 12.4 Å². The minimum atomic E-state index is -0.359. The van der Waals surface area contributed by atoms with Gasteiger partial charge in [0.25, 0.3) is 0 Å². The Kier molecular flexibility index (Phi) is 7.83. The average Bonchev–Trinajstić information content (AvgIpc) is 3.18. The molecular weight excluding hydrogens is 429 g/mol. The maximum absolute atomic E-state index is 11.0. The summed E-state index contributed by atoms with van der Waals surface area (Å²) in [4.78, 5) is 19.6. The molecule has 11 heteroatoms. The Morgan fingerprint density at radius 2 is 1.90 bits per heavy atom. The highest BCUT2D eigenvalue weighted by Gasteiger charge is 2.10. The van der Waals surface area contributed by atoms with Gasteiger partial charge in [-0.2, -0.15) is 10.1 Å². The molecule has 0 atom stereocenters. The SMILES string of the molecule is O=C(CCCCC[n+]1cc(Nc2ncc(Cl)c(Nc3ccc(Cl)cc3)n2)c[nH]1)NO. The van der Waals surface area contributed by atoms with Crippen molar-refractivity contribution in [3.63, 3.8) is 0 Å². The van der Waals surface area contributed by atoms with E-state index in [1.54, 1.807) is 17.6 Å². The number of nitrogens with one attached hydrogen (secondary N) is 4. The monoisotopic (exact) mass is 450 g/mol. The van der Waals surface area contributed by atoms with Crippen molar-refractivity contribution < 1.29 is 14.7 Å². The Morgan fingerprint density at radius 3 is 2.67 bits per heavy atom. The zero-order valence-electron chi connectivity index (χ0n) is 16.0. The Labute approximate surface area is 183 Å². The smallest absolute Gasteiger partial charge is 0.243 e. The second kappa shape index (κ2) is 10.8. The predicted octanol–water partition coefficient (Wildman–Crippen LogP) is 3.95. The standard InChI is InChI=1S/C19H21Cl2N7O2/c20-13-5-7-14(8-6-13)24-18-16(21)11-22-19(26-18)25-15-10-23-28(12-15)9-3-1-2-4-17(29)27-30/h5-8,10-12H,1-4,9H2,(H4,22,24,25,26,27,29,30)/p+1. The van der Waals surface area contributed by atoms with Crippen LogP contribution in [0.25, 0.3) is 0 Å². The fraction of sp³-hybridized carbons (Fsp3) is 0.263. The molecule has 0 aliphatic rings. The van der Waals surface area contributed by atoms with Crippen LogP contribution < -0.4 is 20.8 Å². The zero-order chi connectivity index (χ0) is 21.3. The molecule has 1 aromatic carbocycles. The van der Waals surface area contributed by atoms with Gasteiger partial charge in [0.2, 0.25) is 18.1 Å². The van der Waals surface area contributed by atoms with Gasteiger partial charge in [-0.15, -0.1) is 4.68 Å². The van der Waals surface area contributed by atoms with E-state index in [0.717, 1.165) is 37.2 Å². The number of rotatable bonds is 10. The number of amides is 1. The zero-order valence-corrected chi connectivity index (χ0v) is 17.5. The molecule has 0 saturated carbocycles. The topological polar surface area (TPSA) is 119 Å². The second-order valence-corrected chi connectivity index (χ2v) is 7.39.